The molecule has 6 heteroatoms. The van der Waals surface area contributed by atoms with Crippen molar-refractivity contribution >= 4 is 29.2 Å². The maximum atomic E-state index is 12.8. The van der Waals surface area contributed by atoms with Crippen molar-refractivity contribution in [2.75, 3.05) is 10.6 Å². The Labute approximate surface area is 169 Å². The molecule has 1 saturated heterocycles. The molecule has 0 aromatic heterocycles. The predicted octanol–water partition coefficient (Wildman–Crippen LogP) is 4.06. The van der Waals surface area contributed by atoms with E-state index in [1.54, 1.807) is 24.3 Å². The molecule has 2 N–H and O–H groups in total. The normalized spacial score (nSPS) is 19.8. The van der Waals surface area contributed by atoms with Crippen molar-refractivity contribution < 1.29 is 19.1 Å². The van der Waals surface area contributed by atoms with Gasteiger partial charge >= 0.3 is 5.97 Å². The Balaban J connectivity index is 1.40. The average Bonchev–Trinajstić information content (AvgIpc) is 3.30. The van der Waals surface area contributed by atoms with Crippen LogP contribution in [0.3, 0.4) is 0 Å². The summed E-state index contributed by atoms with van der Waals surface area (Å²) in [6.07, 6.45) is 3.57. The van der Waals surface area contributed by atoms with Gasteiger partial charge in [-0.15, -0.1) is 0 Å². The van der Waals surface area contributed by atoms with E-state index in [1.807, 2.05) is 31.2 Å². The molecule has 29 heavy (non-hydrogen) atoms. The van der Waals surface area contributed by atoms with E-state index in [4.69, 9.17) is 4.74 Å². The number of carbonyl (C=O) groups excluding carboxylic acids is 3. The molecule has 1 heterocycles. The van der Waals surface area contributed by atoms with Crippen LogP contribution in [0.25, 0.3) is 0 Å². The summed E-state index contributed by atoms with van der Waals surface area (Å²) in [6, 6.07) is 14.3. The Hall–Kier alpha value is -3.15. The summed E-state index contributed by atoms with van der Waals surface area (Å²) < 4.78 is 5.54. The van der Waals surface area contributed by atoms with E-state index in [-0.39, 0.29) is 24.2 Å². The minimum atomic E-state index is -0.630. The minimum absolute atomic E-state index is 0.128. The summed E-state index contributed by atoms with van der Waals surface area (Å²) in [7, 11) is 0. The first-order valence-corrected chi connectivity index (χ1v) is 9.96. The van der Waals surface area contributed by atoms with Gasteiger partial charge in [0, 0.05) is 16.9 Å². The summed E-state index contributed by atoms with van der Waals surface area (Å²) in [4.78, 5) is 37.0. The van der Waals surface area contributed by atoms with Gasteiger partial charge in [-0.1, -0.05) is 17.7 Å². The molecule has 1 saturated carbocycles. The molecule has 6 nitrogen and oxygen atoms in total. The largest absolute Gasteiger partial charge is 0.458 e. The number of esters is 1. The van der Waals surface area contributed by atoms with Crippen LogP contribution in [0.5, 0.6) is 0 Å². The Bertz CT molecular complexity index is 928. The van der Waals surface area contributed by atoms with Crippen molar-refractivity contribution in [2.45, 2.75) is 44.6 Å². The molecule has 2 fully saturated rings. The first-order valence-electron chi connectivity index (χ1n) is 9.96. The first kappa shape index (κ1) is 19.2. The van der Waals surface area contributed by atoms with Crippen LogP contribution < -0.4 is 10.6 Å². The molecule has 4 rings (SSSR count). The molecule has 0 bridgehead atoms. The van der Waals surface area contributed by atoms with Crippen molar-refractivity contribution in [2.24, 2.45) is 5.92 Å². The SMILES string of the molecule is Cc1ccc(NC(=O)c2ccc(NC(=O)[C@H]3CC(=O)OC34CCCC4)cc2)cc1. The fraction of sp³-hybridized carbons (Fsp3) is 0.348. The van der Waals surface area contributed by atoms with Crippen LogP contribution in [0.4, 0.5) is 11.4 Å². The third-order valence-corrected chi connectivity index (χ3v) is 5.81. The van der Waals surface area contributed by atoms with Gasteiger partial charge in [-0.3, -0.25) is 14.4 Å². The quantitative estimate of drug-likeness (QED) is 0.769. The number of rotatable bonds is 4. The van der Waals surface area contributed by atoms with E-state index in [0.29, 0.717) is 11.3 Å². The van der Waals surface area contributed by atoms with Crippen LogP contribution >= 0.6 is 0 Å². The van der Waals surface area contributed by atoms with Crippen LogP contribution in [0, 0.1) is 12.8 Å². The van der Waals surface area contributed by atoms with Gasteiger partial charge in [-0.2, -0.15) is 0 Å². The fourth-order valence-corrected chi connectivity index (χ4v) is 4.22. The van der Waals surface area contributed by atoms with Crippen molar-refractivity contribution in [1.82, 2.24) is 0 Å². The fourth-order valence-electron chi connectivity index (χ4n) is 4.22. The lowest BCUT2D eigenvalue weighted by molar-refractivity contribution is -0.149. The number of anilines is 2. The van der Waals surface area contributed by atoms with Crippen LogP contribution in [-0.4, -0.2) is 23.4 Å². The van der Waals surface area contributed by atoms with Crippen LogP contribution in [-0.2, 0) is 14.3 Å². The van der Waals surface area contributed by atoms with Crippen LogP contribution in [0.1, 0.15) is 48.0 Å². The zero-order valence-corrected chi connectivity index (χ0v) is 16.4. The molecule has 2 amide bonds. The summed E-state index contributed by atoms with van der Waals surface area (Å²) >= 11 is 0. The highest BCUT2D eigenvalue weighted by molar-refractivity contribution is 6.04. The van der Waals surface area contributed by atoms with Gasteiger partial charge in [0.1, 0.15) is 5.60 Å². The number of carbonyl (C=O) groups is 3. The van der Waals surface area contributed by atoms with Gasteiger partial charge in [0.2, 0.25) is 5.91 Å². The van der Waals surface area contributed by atoms with E-state index in [1.165, 1.54) is 0 Å². The number of benzene rings is 2. The van der Waals surface area contributed by atoms with Gasteiger partial charge in [0.25, 0.3) is 5.91 Å². The van der Waals surface area contributed by atoms with Crippen molar-refractivity contribution in [3.05, 3.63) is 59.7 Å². The van der Waals surface area contributed by atoms with Gasteiger partial charge < -0.3 is 15.4 Å². The number of ether oxygens (including phenoxy) is 1. The standard InChI is InChI=1S/C23H24N2O4/c1-15-4-8-17(9-5-15)24-21(27)16-6-10-18(11-7-16)25-22(28)19-14-20(26)29-23(19)12-2-3-13-23/h4-11,19H,2-3,12-14H2,1H3,(H,24,27)(H,25,28)/t19-/m1/s1. The molecule has 1 spiro atoms. The molecule has 150 valence electrons. The van der Waals surface area contributed by atoms with Gasteiger partial charge in [-0.05, 0) is 69.0 Å². The summed E-state index contributed by atoms with van der Waals surface area (Å²) in [5, 5.41) is 5.72. The van der Waals surface area contributed by atoms with Crippen LogP contribution in [0.15, 0.2) is 48.5 Å². The van der Waals surface area contributed by atoms with Gasteiger partial charge in [-0.25, -0.2) is 0 Å². The second kappa shape index (κ2) is 7.70. The monoisotopic (exact) mass is 392 g/mol. The Morgan fingerprint density at radius 3 is 2.17 bits per heavy atom. The highest BCUT2D eigenvalue weighted by atomic mass is 16.6. The molecule has 0 unspecified atom stereocenters. The molecule has 1 atom stereocenters. The van der Waals surface area contributed by atoms with E-state index in [9.17, 15) is 14.4 Å². The molecule has 1 aliphatic heterocycles. The molecule has 0 radical (unpaired) electrons. The Morgan fingerprint density at radius 2 is 1.52 bits per heavy atom. The molecule has 2 aliphatic rings. The lowest BCUT2D eigenvalue weighted by Gasteiger charge is -2.27. The highest BCUT2D eigenvalue weighted by Gasteiger charge is 2.53. The molecular formula is C23H24N2O4. The number of amides is 2. The van der Waals surface area contributed by atoms with Crippen LogP contribution in [0.2, 0.25) is 0 Å². The van der Waals surface area contributed by atoms with E-state index < -0.39 is 11.5 Å². The third-order valence-electron chi connectivity index (χ3n) is 5.81. The smallest absolute Gasteiger partial charge is 0.307 e. The highest BCUT2D eigenvalue weighted by Crippen LogP contribution is 2.45. The molecular weight excluding hydrogens is 368 g/mol. The Kier molecular flexibility index (Phi) is 5.09. The van der Waals surface area contributed by atoms with Gasteiger partial charge in [0.15, 0.2) is 0 Å². The second-order valence-electron chi connectivity index (χ2n) is 7.89. The van der Waals surface area contributed by atoms with E-state index in [0.717, 1.165) is 36.9 Å². The molecule has 2 aromatic carbocycles. The zero-order chi connectivity index (χ0) is 20.4. The maximum absolute atomic E-state index is 12.8. The maximum Gasteiger partial charge on any atom is 0.307 e. The topological polar surface area (TPSA) is 84.5 Å². The second-order valence-corrected chi connectivity index (χ2v) is 7.89. The number of hydrogen-bond acceptors (Lipinski definition) is 4. The summed E-state index contributed by atoms with van der Waals surface area (Å²) in [5.74, 6) is -1.17. The van der Waals surface area contributed by atoms with Crippen molar-refractivity contribution in [3.63, 3.8) is 0 Å². The van der Waals surface area contributed by atoms with E-state index in [2.05, 4.69) is 10.6 Å². The molecule has 1 aliphatic carbocycles. The zero-order valence-electron chi connectivity index (χ0n) is 16.4. The summed E-state index contributed by atoms with van der Waals surface area (Å²) in [5.41, 5.74) is 2.31. The molecule has 2 aromatic rings. The van der Waals surface area contributed by atoms with E-state index >= 15 is 0 Å². The number of aryl methyl sites for hydroxylation is 1. The number of nitrogens with one attached hydrogen (secondary N) is 2. The first-order chi connectivity index (χ1) is 13.9. The predicted molar refractivity (Wildman–Crippen MR) is 110 cm³/mol. The minimum Gasteiger partial charge on any atom is -0.458 e. The third kappa shape index (κ3) is 4.01. The average molecular weight is 392 g/mol. The van der Waals surface area contributed by atoms with Crippen molar-refractivity contribution in [3.8, 4) is 0 Å². The number of hydrogen-bond donors (Lipinski definition) is 2. The van der Waals surface area contributed by atoms with Gasteiger partial charge in [0.05, 0.1) is 12.3 Å². The lowest BCUT2D eigenvalue weighted by atomic mass is 9.85. The lowest BCUT2D eigenvalue weighted by Crippen LogP contribution is -2.39. The van der Waals surface area contributed by atoms with Crippen molar-refractivity contribution in [1.29, 1.82) is 0 Å². The Morgan fingerprint density at radius 1 is 0.931 bits per heavy atom. The summed E-state index contributed by atoms with van der Waals surface area (Å²) in [6.45, 7) is 1.99.